The van der Waals surface area contributed by atoms with Crippen LogP contribution in [0, 0.1) is 19.8 Å². The lowest BCUT2D eigenvalue weighted by Gasteiger charge is -2.18. The Hall–Kier alpha value is -0.620. The van der Waals surface area contributed by atoms with Crippen molar-refractivity contribution in [1.29, 1.82) is 0 Å². The molecule has 1 saturated heterocycles. The van der Waals surface area contributed by atoms with E-state index in [1.807, 2.05) is 6.92 Å². The second-order valence-corrected chi connectivity index (χ2v) is 7.67. The van der Waals surface area contributed by atoms with E-state index >= 15 is 0 Å². The van der Waals surface area contributed by atoms with Gasteiger partial charge in [0.25, 0.3) is 0 Å². The van der Waals surface area contributed by atoms with Gasteiger partial charge in [0, 0.05) is 38.0 Å². The van der Waals surface area contributed by atoms with Gasteiger partial charge in [0.2, 0.25) is 0 Å². The maximum atomic E-state index is 12.4. The quantitative estimate of drug-likeness (QED) is 0.355. The summed E-state index contributed by atoms with van der Waals surface area (Å²) in [5.41, 5.74) is 1.08. The summed E-state index contributed by atoms with van der Waals surface area (Å²) in [7, 11) is 1.69. The number of rotatable bonds is 6. The van der Waals surface area contributed by atoms with E-state index < -0.39 is 12.7 Å². The van der Waals surface area contributed by atoms with E-state index in [1.165, 1.54) is 9.78 Å². The molecule has 150 valence electrons. The van der Waals surface area contributed by atoms with Crippen LogP contribution in [0.1, 0.15) is 22.0 Å². The third kappa shape index (κ3) is 7.95. The molecule has 26 heavy (non-hydrogen) atoms. The van der Waals surface area contributed by atoms with Crippen LogP contribution < -0.4 is 10.6 Å². The van der Waals surface area contributed by atoms with Crippen LogP contribution in [0.3, 0.4) is 0 Å². The van der Waals surface area contributed by atoms with Gasteiger partial charge in [-0.25, -0.2) is 4.98 Å². The normalized spacial score (nSPS) is 18.7. The first kappa shape index (κ1) is 23.4. The molecule has 0 radical (unpaired) electrons. The molecule has 10 heteroatoms. The molecule has 1 aliphatic rings. The number of thiazole rings is 1. The van der Waals surface area contributed by atoms with Crippen LogP contribution in [0.25, 0.3) is 0 Å². The lowest BCUT2D eigenvalue weighted by Crippen LogP contribution is -2.41. The van der Waals surface area contributed by atoms with Crippen molar-refractivity contribution in [3.8, 4) is 0 Å². The van der Waals surface area contributed by atoms with Crippen molar-refractivity contribution in [2.75, 3.05) is 39.8 Å². The van der Waals surface area contributed by atoms with Gasteiger partial charge in [0.1, 0.15) is 0 Å². The third-order valence-corrected chi connectivity index (χ3v) is 5.39. The molecule has 1 aromatic rings. The predicted octanol–water partition coefficient (Wildman–Crippen LogP) is 2.97. The number of guanidine groups is 1. The topological polar surface area (TPSA) is 52.6 Å². The Morgan fingerprint density at radius 2 is 2.08 bits per heavy atom. The first-order valence-electron chi connectivity index (χ1n) is 8.43. The summed E-state index contributed by atoms with van der Waals surface area (Å²) in [5.74, 6) is 0.893. The molecule has 2 rings (SSSR count). The van der Waals surface area contributed by atoms with E-state index in [1.54, 1.807) is 18.4 Å². The SMILES string of the molecule is CN=C(NCCc1nc(C)c(C)s1)NCC1CCN(CC(F)(F)F)C1.I. The molecule has 0 saturated carbocycles. The summed E-state index contributed by atoms with van der Waals surface area (Å²) in [6.45, 7) is 5.58. The molecule has 0 aliphatic carbocycles. The highest BCUT2D eigenvalue weighted by Crippen LogP contribution is 2.22. The molecule has 1 aromatic heterocycles. The minimum atomic E-state index is -4.12. The smallest absolute Gasteiger partial charge is 0.356 e. The van der Waals surface area contributed by atoms with Crippen LogP contribution >= 0.6 is 35.3 Å². The zero-order valence-electron chi connectivity index (χ0n) is 15.3. The summed E-state index contributed by atoms with van der Waals surface area (Å²) in [6.07, 6.45) is -2.52. The maximum Gasteiger partial charge on any atom is 0.401 e. The molecule has 0 aromatic carbocycles. The number of likely N-dealkylation sites (tertiary alicyclic amines) is 1. The average molecular weight is 505 g/mol. The highest BCUT2D eigenvalue weighted by molar-refractivity contribution is 14.0. The summed E-state index contributed by atoms with van der Waals surface area (Å²) in [4.78, 5) is 11.4. The van der Waals surface area contributed by atoms with Gasteiger partial charge >= 0.3 is 6.18 Å². The van der Waals surface area contributed by atoms with Crippen molar-refractivity contribution in [3.05, 3.63) is 15.6 Å². The minimum absolute atomic E-state index is 0. The molecule has 1 fully saturated rings. The van der Waals surface area contributed by atoms with Crippen LogP contribution in [-0.2, 0) is 6.42 Å². The summed E-state index contributed by atoms with van der Waals surface area (Å²) in [5, 5.41) is 7.54. The molecule has 0 amide bonds. The molecule has 5 nitrogen and oxygen atoms in total. The van der Waals surface area contributed by atoms with Gasteiger partial charge in [-0.15, -0.1) is 35.3 Å². The molecule has 2 heterocycles. The number of aliphatic imine (C=N–C) groups is 1. The van der Waals surface area contributed by atoms with Crippen LogP contribution in [0.5, 0.6) is 0 Å². The van der Waals surface area contributed by atoms with Gasteiger partial charge in [-0.3, -0.25) is 9.89 Å². The van der Waals surface area contributed by atoms with Gasteiger partial charge in [-0.2, -0.15) is 13.2 Å². The molecular formula is C16H27F3IN5S. The highest BCUT2D eigenvalue weighted by Gasteiger charge is 2.34. The van der Waals surface area contributed by atoms with E-state index in [4.69, 9.17) is 0 Å². The average Bonchev–Trinajstić information content (AvgIpc) is 3.08. The zero-order valence-corrected chi connectivity index (χ0v) is 18.5. The second-order valence-electron chi connectivity index (χ2n) is 6.38. The molecule has 0 spiro atoms. The van der Waals surface area contributed by atoms with Crippen molar-refractivity contribution in [2.24, 2.45) is 10.9 Å². The van der Waals surface area contributed by atoms with Gasteiger partial charge in [-0.05, 0) is 32.7 Å². The Morgan fingerprint density at radius 3 is 2.65 bits per heavy atom. The van der Waals surface area contributed by atoms with E-state index in [0.717, 1.165) is 30.1 Å². The summed E-state index contributed by atoms with van der Waals surface area (Å²) < 4.78 is 37.3. The van der Waals surface area contributed by atoms with Crippen LogP contribution in [0.15, 0.2) is 4.99 Å². The molecule has 1 aliphatic heterocycles. The molecule has 0 bridgehead atoms. The highest BCUT2D eigenvalue weighted by atomic mass is 127. The van der Waals surface area contributed by atoms with Crippen LogP contribution in [0.2, 0.25) is 0 Å². The minimum Gasteiger partial charge on any atom is -0.356 e. The van der Waals surface area contributed by atoms with Gasteiger partial charge in [0.15, 0.2) is 5.96 Å². The van der Waals surface area contributed by atoms with Crippen LogP contribution in [-0.4, -0.2) is 61.8 Å². The van der Waals surface area contributed by atoms with Crippen molar-refractivity contribution in [1.82, 2.24) is 20.5 Å². The number of aryl methyl sites for hydroxylation is 2. The predicted molar refractivity (Wildman–Crippen MR) is 111 cm³/mol. The van der Waals surface area contributed by atoms with Crippen molar-refractivity contribution in [2.45, 2.75) is 32.9 Å². The van der Waals surface area contributed by atoms with Gasteiger partial charge < -0.3 is 10.6 Å². The Balaban J connectivity index is 0.00000338. The van der Waals surface area contributed by atoms with Gasteiger partial charge in [-0.1, -0.05) is 0 Å². The largest absolute Gasteiger partial charge is 0.401 e. The van der Waals surface area contributed by atoms with E-state index in [-0.39, 0.29) is 29.9 Å². The number of nitrogens with one attached hydrogen (secondary N) is 2. The van der Waals surface area contributed by atoms with Gasteiger partial charge in [0.05, 0.1) is 17.2 Å². The first-order valence-corrected chi connectivity index (χ1v) is 9.25. The fraction of sp³-hybridized carbons (Fsp3) is 0.750. The molecular weight excluding hydrogens is 478 g/mol. The third-order valence-electron chi connectivity index (χ3n) is 4.26. The lowest BCUT2D eigenvalue weighted by atomic mass is 10.1. The summed E-state index contributed by atoms with van der Waals surface area (Å²) in [6, 6.07) is 0. The van der Waals surface area contributed by atoms with Crippen molar-refractivity contribution < 1.29 is 13.2 Å². The lowest BCUT2D eigenvalue weighted by molar-refractivity contribution is -0.143. The fourth-order valence-corrected chi connectivity index (χ4v) is 3.81. The standard InChI is InChI=1S/C16H26F3N5S.HI/c1-11-12(2)25-14(23-11)4-6-21-15(20-3)22-8-13-5-7-24(9-13)10-16(17,18)19;/h13H,4-10H2,1-3H3,(H2,20,21,22);1H. The van der Waals surface area contributed by atoms with E-state index in [0.29, 0.717) is 25.6 Å². The fourth-order valence-electron chi connectivity index (χ4n) is 2.87. The Morgan fingerprint density at radius 1 is 1.35 bits per heavy atom. The monoisotopic (exact) mass is 505 g/mol. The molecule has 1 atom stereocenters. The van der Waals surface area contributed by atoms with Crippen molar-refractivity contribution >= 4 is 41.3 Å². The Kier molecular flexibility index (Phi) is 9.59. The number of aromatic nitrogens is 1. The number of hydrogen-bond donors (Lipinski definition) is 2. The molecule has 1 unspecified atom stereocenters. The zero-order chi connectivity index (χ0) is 18.4. The number of halogens is 4. The number of hydrogen-bond acceptors (Lipinski definition) is 4. The van der Waals surface area contributed by atoms with E-state index in [2.05, 4.69) is 27.5 Å². The summed E-state index contributed by atoms with van der Waals surface area (Å²) >= 11 is 1.70. The molecule has 2 N–H and O–H groups in total. The second kappa shape index (κ2) is 10.6. The first-order chi connectivity index (χ1) is 11.8. The van der Waals surface area contributed by atoms with Crippen molar-refractivity contribution in [3.63, 3.8) is 0 Å². The Labute approximate surface area is 173 Å². The number of nitrogens with zero attached hydrogens (tertiary/aromatic N) is 3. The number of alkyl halides is 3. The Bertz CT molecular complexity index is 571. The van der Waals surface area contributed by atoms with E-state index in [9.17, 15) is 13.2 Å². The van der Waals surface area contributed by atoms with Crippen LogP contribution in [0.4, 0.5) is 13.2 Å². The maximum absolute atomic E-state index is 12.4.